The first-order chi connectivity index (χ1) is 10.4. The lowest BCUT2D eigenvalue weighted by Crippen LogP contribution is -2.44. The predicted molar refractivity (Wildman–Crippen MR) is 73.9 cm³/mol. The van der Waals surface area contributed by atoms with Crippen molar-refractivity contribution in [2.75, 3.05) is 19.5 Å². The fraction of sp³-hybridized carbons (Fsp3) is 0.583. The second-order valence-corrected chi connectivity index (χ2v) is 5.30. The number of nitrogen functional groups attached to an aromatic ring is 1. The first-order valence-electron chi connectivity index (χ1n) is 6.61. The third-order valence-corrected chi connectivity index (χ3v) is 3.79. The highest BCUT2D eigenvalue weighted by Gasteiger charge is 2.53. The standard InChI is InChI=1S/C12H17N5O5/c1-12(20)7(19)5(3-18)22-10(12)17-4-14-6-8(17)15-11(13)16-9(6)21-2/h4-5,7,10,18-20H,3H2,1-2H3,(H2,13,15,16)/t5?,7-,10-,12-/m1/s1. The van der Waals surface area contributed by atoms with Crippen LogP contribution in [-0.2, 0) is 4.74 Å². The van der Waals surface area contributed by atoms with Gasteiger partial charge in [-0.2, -0.15) is 9.97 Å². The summed E-state index contributed by atoms with van der Waals surface area (Å²) in [7, 11) is 1.42. The van der Waals surface area contributed by atoms with E-state index >= 15 is 0 Å². The summed E-state index contributed by atoms with van der Waals surface area (Å²) in [4.78, 5) is 12.1. The molecule has 1 saturated heterocycles. The van der Waals surface area contributed by atoms with Gasteiger partial charge in [0.2, 0.25) is 11.8 Å². The Labute approximate surface area is 125 Å². The maximum Gasteiger partial charge on any atom is 0.246 e. The van der Waals surface area contributed by atoms with Gasteiger partial charge < -0.3 is 30.5 Å². The van der Waals surface area contributed by atoms with Crippen LogP contribution in [0.1, 0.15) is 13.2 Å². The van der Waals surface area contributed by atoms with Crippen molar-refractivity contribution in [2.45, 2.75) is 31.0 Å². The van der Waals surface area contributed by atoms with E-state index in [0.29, 0.717) is 11.2 Å². The van der Waals surface area contributed by atoms with Crippen molar-refractivity contribution >= 4 is 17.1 Å². The summed E-state index contributed by atoms with van der Waals surface area (Å²) in [5.41, 5.74) is 4.63. The molecule has 0 saturated carbocycles. The molecule has 0 bridgehead atoms. The number of hydrogen-bond donors (Lipinski definition) is 4. The van der Waals surface area contributed by atoms with Crippen molar-refractivity contribution in [1.29, 1.82) is 0 Å². The van der Waals surface area contributed by atoms with Gasteiger partial charge >= 0.3 is 0 Å². The second kappa shape index (κ2) is 5.02. The summed E-state index contributed by atoms with van der Waals surface area (Å²) in [6, 6.07) is 0. The van der Waals surface area contributed by atoms with Crippen LogP contribution in [0.5, 0.6) is 5.88 Å². The van der Waals surface area contributed by atoms with Crippen LogP contribution >= 0.6 is 0 Å². The lowest BCUT2D eigenvalue weighted by Gasteiger charge is -2.27. The Morgan fingerprint density at radius 1 is 1.50 bits per heavy atom. The molecule has 10 nitrogen and oxygen atoms in total. The molecule has 0 radical (unpaired) electrons. The topological polar surface area (TPSA) is 149 Å². The minimum absolute atomic E-state index is 0.0250. The van der Waals surface area contributed by atoms with Gasteiger partial charge in [-0.3, -0.25) is 4.57 Å². The largest absolute Gasteiger partial charge is 0.479 e. The van der Waals surface area contributed by atoms with Crippen LogP contribution in [-0.4, -0.2) is 66.4 Å². The Balaban J connectivity index is 2.13. The molecule has 2 aromatic rings. The van der Waals surface area contributed by atoms with Crippen molar-refractivity contribution in [3.05, 3.63) is 6.33 Å². The average Bonchev–Trinajstić information content (AvgIpc) is 2.98. The molecule has 1 fully saturated rings. The number of imidazole rings is 1. The Kier molecular flexibility index (Phi) is 3.40. The number of nitrogens with zero attached hydrogens (tertiary/aromatic N) is 4. The molecule has 2 aromatic heterocycles. The molecule has 0 spiro atoms. The van der Waals surface area contributed by atoms with Gasteiger partial charge in [0, 0.05) is 0 Å². The van der Waals surface area contributed by atoms with E-state index < -0.39 is 30.6 Å². The molecule has 1 aliphatic rings. The fourth-order valence-corrected chi connectivity index (χ4v) is 2.61. The van der Waals surface area contributed by atoms with Gasteiger partial charge in [-0.15, -0.1) is 0 Å². The maximum absolute atomic E-state index is 10.5. The van der Waals surface area contributed by atoms with E-state index in [0.717, 1.165) is 0 Å². The number of hydrogen-bond acceptors (Lipinski definition) is 9. The Bertz CT molecular complexity index is 703. The van der Waals surface area contributed by atoms with Crippen molar-refractivity contribution < 1.29 is 24.8 Å². The molecular weight excluding hydrogens is 294 g/mol. The molecule has 22 heavy (non-hydrogen) atoms. The van der Waals surface area contributed by atoms with E-state index in [1.54, 1.807) is 0 Å². The molecule has 1 aliphatic heterocycles. The number of methoxy groups -OCH3 is 1. The minimum Gasteiger partial charge on any atom is -0.479 e. The molecule has 4 atom stereocenters. The number of aromatic nitrogens is 4. The zero-order valence-corrected chi connectivity index (χ0v) is 12.0. The predicted octanol–water partition coefficient (Wildman–Crippen LogP) is -1.58. The van der Waals surface area contributed by atoms with Gasteiger partial charge in [0.25, 0.3) is 0 Å². The minimum atomic E-state index is -1.64. The zero-order chi connectivity index (χ0) is 16.1. The molecule has 1 unspecified atom stereocenters. The first-order valence-corrected chi connectivity index (χ1v) is 6.61. The van der Waals surface area contributed by atoms with E-state index in [1.807, 2.05) is 0 Å². The smallest absolute Gasteiger partial charge is 0.246 e. The van der Waals surface area contributed by atoms with E-state index in [-0.39, 0.29) is 11.8 Å². The number of anilines is 1. The second-order valence-electron chi connectivity index (χ2n) is 5.30. The van der Waals surface area contributed by atoms with Crippen LogP contribution in [0.2, 0.25) is 0 Å². The van der Waals surface area contributed by atoms with Crippen LogP contribution in [0, 0.1) is 0 Å². The van der Waals surface area contributed by atoms with Crippen molar-refractivity contribution in [3.63, 3.8) is 0 Å². The highest BCUT2D eigenvalue weighted by Crippen LogP contribution is 2.39. The van der Waals surface area contributed by atoms with Gasteiger partial charge in [-0.05, 0) is 6.92 Å². The number of rotatable bonds is 3. The molecule has 3 rings (SSSR count). The van der Waals surface area contributed by atoms with E-state index in [1.165, 1.54) is 24.9 Å². The van der Waals surface area contributed by atoms with Crippen LogP contribution in [0.4, 0.5) is 5.95 Å². The third kappa shape index (κ3) is 2.00. The van der Waals surface area contributed by atoms with Gasteiger partial charge in [0.1, 0.15) is 17.8 Å². The quantitative estimate of drug-likeness (QED) is 0.526. The molecule has 10 heteroatoms. The summed E-state index contributed by atoms with van der Waals surface area (Å²) in [5.74, 6) is 0.168. The van der Waals surface area contributed by atoms with Crippen molar-refractivity contribution in [1.82, 2.24) is 19.5 Å². The van der Waals surface area contributed by atoms with Gasteiger partial charge in [0.05, 0.1) is 20.0 Å². The summed E-state index contributed by atoms with van der Waals surface area (Å²) in [6.45, 7) is 0.979. The summed E-state index contributed by atoms with van der Waals surface area (Å²) in [5, 5.41) is 29.8. The lowest BCUT2D eigenvalue weighted by molar-refractivity contribution is -0.0950. The first kappa shape index (κ1) is 14.9. The van der Waals surface area contributed by atoms with Gasteiger partial charge in [-0.25, -0.2) is 4.98 Å². The summed E-state index contributed by atoms with van der Waals surface area (Å²) in [6.07, 6.45) is -1.80. The molecule has 0 aliphatic carbocycles. The molecule has 0 aromatic carbocycles. The number of aliphatic hydroxyl groups excluding tert-OH is 2. The van der Waals surface area contributed by atoms with Crippen molar-refractivity contribution in [3.8, 4) is 5.88 Å². The van der Waals surface area contributed by atoms with Crippen LogP contribution < -0.4 is 10.5 Å². The summed E-state index contributed by atoms with van der Waals surface area (Å²) >= 11 is 0. The fourth-order valence-electron chi connectivity index (χ4n) is 2.61. The monoisotopic (exact) mass is 311 g/mol. The SMILES string of the molecule is COc1nc(N)nc2c1ncn2[C@@H]1OC(CO)[C@@H](O)[C@@]1(C)O. The number of aliphatic hydroxyl groups is 3. The molecule has 0 amide bonds. The lowest BCUT2D eigenvalue weighted by atomic mass is 9.96. The highest BCUT2D eigenvalue weighted by atomic mass is 16.6. The molecule has 5 N–H and O–H groups in total. The third-order valence-electron chi connectivity index (χ3n) is 3.79. The summed E-state index contributed by atoms with van der Waals surface area (Å²) < 4.78 is 12.1. The molecular formula is C12H17N5O5. The van der Waals surface area contributed by atoms with E-state index in [2.05, 4.69) is 15.0 Å². The van der Waals surface area contributed by atoms with Crippen LogP contribution in [0.3, 0.4) is 0 Å². The maximum atomic E-state index is 10.5. The number of nitrogens with two attached hydrogens (primary N) is 1. The van der Waals surface area contributed by atoms with Crippen LogP contribution in [0.15, 0.2) is 6.33 Å². The number of ether oxygens (including phenoxy) is 2. The van der Waals surface area contributed by atoms with E-state index in [4.69, 9.17) is 15.2 Å². The van der Waals surface area contributed by atoms with Crippen LogP contribution in [0.25, 0.3) is 11.2 Å². The van der Waals surface area contributed by atoms with E-state index in [9.17, 15) is 15.3 Å². The number of fused-ring (bicyclic) bond motifs is 1. The Hall–Kier alpha value is -2.01. The zero-order valence-electron chi connectivity index (χ0n) is 12.0. The highest BCUT2D eigenvalue weighted by molar-refractivity contribution is 5.77. The molecule has 120 valence electrons. The normalized spacial score (nSPS) is 31.8. The Morgan fingerprint density at radius 3 is 2.82 bits per heavy atom. The van der Waals surface area contributed by atoms with Crippen molar-refractivity contribution in [2.24, 2.45) is 0 Å². The van der Waals surface area contributed by atoms with Gasteiger partial charge in [0.15, 0.2) is 17.4 Å². The Morgan fingerprint density at radius 2 is 2.23 bits per heavy atom. The average molecular weight is 311 g/mol. The molecule has 3 heterocycles. The van der Waals surface area contributed by atoms with Gasteiger partial charge in [-0.1, -0.05) is 0 Å².